The Morgan fingerprint density at radius 1 is 1.04 bits per heavy atom. The van der Waals surface area contributed by atoms with Crippen LogP contribution in [0.5, 0.6) is 0 Å². The maximum Gasteiger partial charge on any atom is 0.271 e. The molecule has 7 heteroatoms. The number of carbonyl (C=O) groups excluding carboxylic acids is 2. The highest BCUT2D eigenvalue weighted by atomic mass is 16.2. The molecule has 1 unspecified atom stereocenters. The molecule has 0 saturated carbocycles. The van der Waals surface area contributed by atoms with Crippen molar-refractivity contribution in [1.29, 1.82) is 0 Å². The zero-order valence-electron chi connectivity index (χ0n) is 14.7. The third-order valence-electron chi connectivity index (χ3n) is 4.73. The summed E-state index contributed by atoms with van der Waals surface area (Å²) in [5.41, 5.74) is 2.18. The Bertz CT molecular complexity index is 939. The highest BCUT2D eigenvalue weighted by Gasteiger charge is 2.30. The number of hydrogen-bond donors (Lipinski definition) is 1. The van der Waals surface area contributed by atoms with Crippen LogP contribution in [0.15, 0.2) is 54.9 Å². The first-order valence-corrected chi connectivity index (χ1v) is 8.94. The number of aromatic nitrogens is 4. The fraction of sp³-hybridized carbons (Fsp3) is 0.250. The Kier molecular flexibility index (Phi) is 4.74. The molecule has 0 radical (unpaired) electrons. The lowest BCUT2D eigenvalue weighted by Crippen LogP contribution is -2.42. The van der Waals surface area contributed by atoms with E-state index in [4.69, 9.17) is 0 Å². The molecule has 1 aliphatic heterocycles. The van der Waals surface area contributed by atoms with Crippen LogP contribution in [0.1, 0.15) is 33.8 Å². The van der Waals surface area contributed by atoms with Gasteiger partial charge in [-0.15, -0.1) is 0 Å². The van der Waals surface area contributed by atoms with Crippen LogP contribution < -0.4 is 0 Å². The van der Waals surface area contributed by atoms with Gasteiger partial charge in [0.05, 0.1) is 5.69 Å². The fourth-order valence-corrected chi connectivity index (χ4v) is 3.34. The normalized spacial score (nSPS) is 16.9. The van der Waals surface area contributed by atoms with Gasteiger partial charge in [-0.25, -0.2) is 0 Å². The second-order valence-electron chi connectivity index (χ2n) is 6.55. The van der Waals surface area contributed by atoms with E-state index >= 15 is 0 Å². The van der Waals surface area contributed by atoms with E-state index in [0.29, 0.717) is 35.9 Å². The van der Waals surface area contributed by atoms with E-state index in [9.17, 15) is 9.59 Å². The van der Waals surface area contributed by atoms with Crippen LogP contribution in [0.3, 0.4) is 0 Å². The number of aromatic amines is 1. The highest BCUT2D eigenvalue weighted by Crippen LogP contribution is 2.22. The van der Waals surface area contributed by atoms with Crippen molar-refractivity contribution < 1.29 is 9.59 Å². The van der Waals surface area contributed by atoms with Gasteiger partial charge < -0.3 is 4.90 Å². The number of nitrogens with zero attached hydrogens (tertiary/aromatic N) is 4. The molecular weight excluding hydrogens is 342 g/mol. The second kappa shape index (κ2) is 7.49. The quantitative estimate of drug-likeness (QED) is 0.721. The Labute approximate surface area is 156 Å². The smallest absolute Gasteiger partial charge is 0.271 e. The summed E-state index contributed by atoms with van der Waals surface area (Å²) in [4.78, 5) is 35.6. The predicted octanol–water partition coefficient (Wildman–Crippen LogP) is 2.60. The standard InChI is InChI=1S/C20H19N5O2/c26-19(16-8-2-4-10-22-16)14-6-5-11-25(13-14)20(27)18-12-17(23-24-18)15-7-1-3-9-21-15/h1-4,7-10,12,14H,5-6,11,13H2,(H,23,24). The monoisotopic (exact) mass is 361 g/mol. The Morgan fingerprint density at radius 3 is 2.59 bits per heavy atom. The molecular formula is C20H19N5O2. The lowest BCUT2D eigenvalue weighted by Gasteiger charge is -2.31. The lowest BCUT2D eigenvalue weighted by atomic mass is 9.91. The van der Waals surface area contributed by atoms with Gasteiger partial charge in [0.15, 0.2) is 5.78 Å². The van der Waals surface area contributed by atoms with Crippen molar-refractivity contribution in [1.82, 2.24) is 25.1 Å². The molecule has 0 aromatic carbocycles. The van der Waals surface area contributed by atoms with Crippen LogP contribution >= 0.6 is 0 Å². The van der Waals surface area contributed by atoms with E-state index in [-0.39, 0.29) is 17.6 Å². The Balaban J connectivity index is 1.48. The molecule has 1 saturated heterocycles. The van der Waals surface area contributed by atoms with Gasteiger partial charge in [0.2, 0.25) is 0 Å². The average molecular weight is 361 g/mol. The van der Waals surface area contributed by atoms with Crippen molar-refractivity contribution in [2.75, 3.05) is 13.1 Å². The van der Waals surface area contributed by atoms with E-state index in [2.05, 4.69) is 20.2 Å². The maximum atomic E-state index is 12.9. The van der Waals surface area contributed by atoms with Crippen LogP contribution in [0.4, 0.5) is 0 Å². The SMILES string of the molecule is O=C(c1ccccn1)C1CCCN(C(=O)c2cc(-c3ccccn3)n[nH]2)C1. The van der Waals surface area contributed by atoms with Gasteiger partial charge in [-0.2, -0.15) is 5.10 Å². The van der Waals surface area contributed by atoms with Gasteiger partial charge in [-0.1, -0.05) is 12.1 Å². The first-order chi connectivity index (χ1) is 13.2. The summed E-state index contributed by atoms with van der Waals surface area (Å²) in [6.07, 6.45) is 4.85. The van der Waals surface area contributed by atoms with Crippen molar-refractivity contribution in [3.63, 3.8) is 0 Å². The van der Waals surface area contributed by atoms with Crippen molar-refractivity contribution in [2.45, 2.75) is 12.8 Å². The van der Waals surface area contributed by atoms with Crippen molar-refractivity contribution in [3.05, 3.63) is 66.2 Å². The van der Waals surface area contributed by atoms with Crippen LogP contribution in [0.25, 0.3) is 11.4 Å². The molecule has 1 atom stereocenters. The molecule has 1 N–H and O–H groups in total. The summed E-state index contributed by atoms with van der Waals surface area (Å²) in [7, 11) is 0. The summed E-state index contributed by atoms with van der Waals surface area (Å²) in [5, 5.41) is 6.99. The van der Waals surface area contributed by atoms with Crippen LogP contribution in [0, 0.1) is 5.92 Å². The fourth-order valence-electron chi connectivity index (χ4n) is 3.34. The molecule has 4 heterocycles. The van der Waals surface area contributed by atoms with E-state index in [0.717, 1.165) is 12.8 Å². The number of nitrogens with one attached hydrogen (secondary N) is 1. The third kappa shape index (κ3) is 3.62. The van der Waals surface area contributed by atoms with Gasteiger partial charge in [0, 0.05) is 31.4 Å². The number of amides is 1. The minimum absolute atomic E-state index is 0.00751. The summed E-state index contributed by atoms with van der Waals surface area (Å²) < 4.78 is 0. The number of H-pyrrole nitrogens is 1. The second-order valence-corrected chi connectivity index (χ2v) is 6.55. The molecule has 4 rings (SSSR count). The van der Waals surface area contributed by atoms with Gasteiger partial charge in [0.25, 0.3) is 5.91 Å². The predicted molar refractivity (Wildman–Crippen MR) is 99.0 cm³/mol. The number of Topliss-reactive ketones (excluding diaryl/α,β-unsaturated/α-hetero) is 1. The molecule has 27 heavy (non-hydrogen) atoms. The van der Waals surface area contributed by atoms with Crippen LogP contribution in [-0.4, -0.2) is 49.8 Å². The lowest BCUT2D eigenvalue weighted by molar-refractivity contribution is 0.0630. The summed E-state index contributed by atoms with van der Waals surface area (Å²) in [6.45, 7) is 1.02. The molecule has 1 aliphatic rings. The van der Waals surface area contributed by atoms with Gasteiger partial charge in [0.1, 0.15) is 17.1 Å². The number of pyridine rings is 2. The summed E-state index contributed by atoms with van der Waals surface area (Å²) in [6, 6.07) is 12.5. The topological polar surface area (TPSA) is 91.8 Å². The van der Waals surface area contributed by atoms with Crippen molar-refractivity contribution in [3.8, 4) is 11.4 Å². The number of piperidine rings is 1. The zero-order valence-corrected chi connectivity index (χ0v) is 14.7. The van der Waals surface area contributed by atoms with E-state index in [1.165, 1.54) is 0 Å². The van der Waals surface area contributed by atoms with E-state index < -0.39 is 0 Å². The first kappa shape index (κ1) is 17.1. The van der Waals surface area contributed by atoms with Crippen LogP contribution in [0.2, 0.25) is 0 Å². The number of hydrogen-bond acceptors (Lipinski definition) is 5. The average Bonchev–Trinajstić information content (AvgIpc) is 3.24. The summed E-state index contributed by atoms with van der Waals surface area (Å²) >= 11 is 0. The Hall–Kier alpha value is -3.35. The van der Waals surface area contributed by atoms with E-state index in [1.807, 2.05) is 18.2 Å². The van der Waals surface area contributed by atoms with E-state index in [1.54, 1.807) is 41.6 Å². The summed E-state index contributed by atoms with van der Waals surface area (Å²) in [5.74, 6) is -0.383. The third-order valence-corrected chi connectivity index (χ3v) is 4.73. The molecule has 3 aromatic heterocycles. The molecule has 3 aromatic rings. The number of likely N-dealkylation sites (tertiary alicyclic amines) is 1. The highest BCUT2D eigenvalue weighted by molar-refractivity contribution is 5.97. The molecule has 0 aliphatic carbocycles. The molecule has 1 amide bonds. The van der Waals surface area contributed by atoms with Crippen LogP contribution in [-0.2, 0) is 0 Å². The van der Waals surface area contributed by atoms with Gasteiger partial charge in [-0.3, -0.25) is 24.7 Å². The molecule has 0 bridgehead atoms. The number of ketones is 1. The van der Waals surface area contributed by atoms with Gasteiger partial charge >= 0.3 is 0 Å². The molecule has 1 fully saturated rings. The number of carbonyl (C=O) groups is 2. The minimum atomic E-state index is -0.226. The molecule has 136 valence electrons. The maximum absolute atomic E-state index is 12.9. The largest absolute Gasteiger partial charge is 0.337 e. The Morgan fingerprint density at radius 2 is 1.85 bits per heavy atom. The van der Waals surface area contributed by atoms with Crippen molar-refractivity contribution >= 4 is 11.7 Å². The molecule has 7 nitrogen and oxygen atoms in total. The molecule has 0 spiro atoms. The first-order valence-electron chi connectivity index (χ1n) is 8.94. The van der Waals surface area contributed by atoms with Crippen molar-refractivity contribution in [2.24, 2.45) is 5.92 Å². The number of rotatable bonds is 4. The van der Waals surface area contributed by atoms with Gasteiger partial charge in [-0.05, 0) is 43.2 Å². The minimum Gasteiger partial charge on any atom is -0.337 e. The zero-order chi connectivity index (χ0) is 18.6.